The molecule has 1 amide bonds. The highest BCUT2D eigenvalue weighted by Gasteiger charge is 2.18. The minimum absolute atomic E-state index is 0.245. The predicted octanol–water partition coefficient (Wildman–Crippen LogP) is 2.38. The number of carbonyl (C=O) groups is 1. The Morgan fingerprint density at radius 1 is 1.24 bits per heavy atom. The number of hydrogen-bond acceptors (Lipinski definition) is 7. The molecule has 1 aromatic carbocycles. The van der Waals surface area contributed by atoms with E-state index in [-0.39, 0.29) is 6.54 Å². The summed E-state index contributed by atoms with van der Waals surface area (Å²) in [6.07, 6.45) is 1.45. The van der Waals surface area contributed by atoms with Crippen molar-refractivity contribution < 1.29 is 14.3 Å². The molecular weight excluding hydrogens is 394 g/mol. The minimum Gasteiger partial charge on any atom is -0.497 e. The summed E-state index contributed by atoms with van der Waals surface area (Å²) in [5.41, 5.74) is 1.55. The van der Waals surface area contributed by atoms with Crippen molar-refractivity contribution in [3.63, 3.8) is 0 Å². The fourth-order valence-corrected chi connectivity index (χ4v) is 4.10. The van der Waals surface area contributed by atoms with E-state index in [4.69, 9.17) is 9.47 Å². The number of aromatic nitrogens is 4. The third kappa shape index (κ3) is 3.21. The molecule has 3 heterocycles. The summed E-state index contributed by atoms with van der Waals surface area (Å²) in [6, 6.07) is 5.06. The van der Waals surface area contributed by atoms with E-state index >= 15 is 0 Å². The second-order valence-corrected chi connectivity index (χ2v) is 7.66. The molecule has 1 N–H and O–H groups in total. The highest BCUT2D eigenvalue weighted by atomic mass is 32.1. The summed E-state index contributed by atoms with van der Waals surface area (Å²) < 4.78 is 12.9. The van der Waals surface area contributed by atoms with Gasteiger partial charge in [0.25, 0.3) is 0 Å². The van der Waals surface area contributed by atoms with E-state index < -0.39 is 11.6 Å². The number of ether oxygens (including phenoxy) is 2. The molecule has 29 heavy (non-hydrogen) atoms. The van der Waals surface area contributed by atoms with E-state index in [2.05, 4.69) is 15.4 Å². The van der Waals surface area contributed by atoms with Crippen molar-refractivity contribution in [1.82, 2.24) is 19.2 Å². The topological polar surface area (TPSA) is 99.8 Å². The molecule has 0 atom stereocenters. The van der Waals surface area contributed by atoms with Crippen molar-refractivity contribution in [3.8, 4) is 11.5 Å². The zero-order valence-electron chi connectivity index (χ0n) is 16.3. The number of nitrogens with zero attached hydrogens (tertiary/aromatic N) is 4. The van der Waals surface area contributed by atoms with Crippen LogP contribution in [-0.2, 0) is 11.3 Å². The number of amides is 1. The van der Waals surface area contributed by atoms with Crippen LogP contribution in [0.15, 0.2) is 29.3 Å². The molecule has 9 nitrogen and oxygen atoms in total. The van der Waals surface area contributed by atoms with Crippen LogP contribution in [0.3, 0.4) is 0 Å². The van der Waals surface area contributed by atoms with Crippen LogP contribution >= 0.6 is 11.3 Å². The van der Waals surface area contributed by atoms with Gasteiger partial charge >= 0.3 is 5.69 Å². The third-order valence-electron chi connectivity index (χ3n) is 4.73. The Morgan fingerprint density at radius 2 is 2.03 bits per heavy atom. The van der Waals surface area contributed by atoms with Crippen LogP contribution in [0, 0.1) is 13.8 Å². The van der Waals surface area contributed by atoms with E-state index in [1.807, 2.05) is 13.8 Å². The molecule has 0 radical (unpaired) electrons. The zero-order valence-corrected chi connectivity index (χ0v) is 17.2. The molecule has 0 unspecified atom stereocenters. The zero-order chi connectivity index (χ0) is 20.7. The number of thiophene rings is 1. The summed E-state index contributed by atoms with van der Waals surface area (Å²) >= 11 is 1.55. The second-order valence-electron chi connectivity index (χ2n) is 6.46. The lowest BCUT2D eigenvalue weighted by atomic mass is 10.2. The van der Waals surface area contributed by atoms with E-state index in [0.717, 1.165) is 25.3 Å². The van der Waals surface area contributed by atoms with Crippen LogP contribution in [0.25, 0.3) is 15.9 Å². The number of benzene rings is 1. The van der Waals surface area contributed by atoms with Gasteiger partial charge < -0.3 is 14.8 Å². The van der Waals surface area contributed by atoms with E-state index in [1.54, 1.807) is 29.5 Å². The van der Waals surface area contributed by atoms with Crippen molar-refractivity contribution in [2.24, 2.45) is 0 Å². The molecule has 0 fully saturated rings. The lowest BCUT2D eigenvalue weighted by Gasteiger charge is -2.11. The molecule has 0 bridgehead atoms. The number of rotatable bonds is 5. The van der Waals surface area contributed by atoms with Gasteiger partial charge in [0.1, 0.15) is 29.2 Å². The Hall–Kier alpha value is -3.40. The van der Waals surface area contributed by atoms with Crippen LogP contribution in [0.2, 0.25) is 0 Å². The predicted molar refractivity (Wildman–Crippen MR) is 110 cm³/mol. The Labute approximate surface area is 169 Å². The third-order valence-corrected chi connectivity index (χ3v) is 5.84. The smallest absolute Gasteiger partial charge is 0.352 e. The standard InChI is InChI=1S/C19H19N5O4S/c1-10-11(2)29-18-16(10)17-22-24(19(26)23(17)9-20-18)8-15(25)21-13-7-12(27-3)5-6-14(13)28-4/h5-7,9H,8H2,1-4H3,(H,21,25). The molecule has 0 saturated carbocycles. The number of carbonyl (C=O) groups excluding carboxylic acids is 1. The Bertz CT molecular complexity index is 1300. The van der Waals surface area contributed by atoms with Crippen molar-refractivity contribution in [2.45, 2.75) is 20.4 Å². The SMILES string of the molecule is COc1ccc(OC)c(NC(=O)Cn2nc3c4c(C)c(C)sc4ncn3c2=O)c1. The first-order valence-corrected chi connectivity index (χ1v) is 9.60. The van der Waals surface area contributed by atoms with Gasteiger partial charge in [-0.1, -0.05) is 0 Å². The fourth-order valence-electron chi connectivity index (χ4n) is 3.11. The van der Waals surface area contributed by atoms with Crippen molar-refractivity contribution in [1.29, 1.82) is 0 Å². The van der Waals surface area contributed by atoms with Gasteiger partial charge in [0.15, 0.2) is 5.65 Å². The summed E-state index contributed by atoms with van der Waals surface area (Å²) in [6.45, 7) is 3.73. The Balaban J connectivity index is 1.68. The molecule has 0 aliphatic rings. The summed E-state index contributed by atoms with van der Waals surface area (Å²) in [4.78, 5) is 31.6. The first-order valence-electron chi connectivity index (χ1n) is 8.78. The average Bonchev–Trinajstić information content (AvgIpc) is 3.18. The lowest BCUT2D eigenvalue weighted by Crippen LogP contribution is -2.28. The molecule has 10 heteroatoms. The number of nitrogens with one attached hydrogen (secondary N) is 1. The minimum atomic E-state index is -0.426. The highest BCUT2D eigenvalue weighted by molar-refractivity contribution is 7.18. The Morgan fingerprint density at radius 3 is 2.76 bits per heavy atom. The van der Waals surface area contributed by atoms with Gasteiger partial charge in [-0.15, -0.1) is 16.4 Å². The van der Waals surface area contributed by atoms with E-state index in [0.29, 0.717) is 22.8 Å². The van der Waals surface area contributed by atoms with Crippen LogP contribution in [0.4, 0.5) is 5.69 Å². The number of aryl methyl sites for hydroxylation is 2. The number of hydrogen-bond donors (Lipinski definition) is 1. The normalized spacial score (nSPS) is 11.2. The van der Waals surface area contributed by atoms with Gasteiger partial charge in [0, 0.05) is 10.9 Å². The lowest BCUT2D eigenvalue weighted by molar-refractivity contribution is -0.117. The maximum atomic E-state index is 12.7. The van der Waals surface area contributed by atoms with Gasteiger partial charge in [0.2, 0.25) is 5.91 Å². The molecule has 150 valence electrons. The van der Waals surface area contributed by atoms with Crippen LogP contribution in [0.1, 0.15) is 10.4 Å². The molecule has 4 rings (SSSR count). The van der Waals surface area contributed by atoms with Crippen LogP contribution in [0.5, 0.6) is 11.5 Å². The summed E-state index contributed by atoms with van der Waals surface area (Å²) in [5.74, 6) is 0.643. The second kappa shape index (κ2) is 7.21. The van der Waals surface area contributed by atoms with Gasteiger partial charge in [-0.2, -0.15) is 0 Å². The largest absolute Gasteiger partial charge is 0.497 e. The average molecular weight is 413 g/mol. The van der Waals surface area contributed by atoms with E-state index in [1.165, 1.54) is 24.9 Å². The first kappa shape index (κ1) is 18.9. The van der Waals surface area contributed by atoms with Gasteiger partial charge in [-0.05, 0) is 31.5 Å². The van der Waals surface area contributed by atoms with Crippen LogP contribution in [-0.4, -0.2) is 39.3 Å². The number of anilines is 1. The van der Waals surface area contributed by atoms with Crippen LogP contribution < -0.4 is 20.5 Å². The van der Waals surface area contributed by atoms with Gasteiger partial charge in [-0.3, -0.25) is 4.79 Å². The van der Waals surface area contributed by atoms with Crippen molar-refractivity contribution in [3.05, 3.63) is 45.5 Å². The highest BCUT2D eigenvalue weighted by Crippen LogP contribution is 2.30. The van der Waals surface area contributed by atoms with Crippen molar-refractivity contribution >= 4 is 38.8 Å². The summed E-state index contributed by atoms with van der Waals surface area (Å²) in [7, 11) is 3.04. The molecule has 4 aromatic rings. The summed E-state index contributed by atoms with van der Waals surface area (Å²) in [5, 5.41) is 7.97. The molecular formula is C19H19N5O4S. The molecule has 3 aromatic heterocycles. The molecule has 0 aliphatic heterocycles. The van der Waals surface area contributed by atoms with Gasteiger partial charge in [-0.25, -0.2) is 18.9 Å². The van der Waals surface area contributed by atoms with Crippen molar-refractivity contribution in [2.75, 3.05) is 19.5 Å². The molecule has 0 aliphatic carbocycles. The number of fused-ring (bicyclic) bond motifs is 3. The van der Waals surface area contributed by atoms with E-state index in [9.17, 15) is 9.59 Å². The van der Waals surface area contributed by atoms with Gasteiger partial charge in [0.05, 0.1) is 25.3 Å². The fraction of sp³-hybridized carbons (Fsp3) is 0.263. The molecule has 0 spiro atoms. The number of methoxy groups -OCH3 is 2. The maximum absolute atomic E-state index is 12.7. The first-order chi connectivity index (χ1) is 13.9. The Kier molecular flexibility index (Phi) is 4.71. The quantitative estimate of drug-likeness (QED) is 0.539. The molecule has 0 saturated heterocycles. The monoisotopic (exact) mass is 413 g/mol. The maximum Gasteiger partial charge on any atom is 0.352 e.